The highest BCUT2D eigenvalue weighted by Gasteiger charge is 2.36. The Hall–Kier alpha value is -2.57. The fourth-order valence-corrected chi connectivity index (χ4v) is 1.24. The molecule has 10 heteroatoms. The molecule has 0 aliphatic heterocycles. The third-order valence-corrected chi connectivity index (χ3v) is 1.89. The van der Waals surface area contributed by atoms with E-state index in [1.54, 1.807) is 0 Å². The van der Waals surface area contributed by atoms with Gasteiger partial charge in [-0.1, -0.05) is 0 Å². The molecule has 1 N–H and O–H groups in total. The predicted octanol–water partition coefficient (Wildman–Crippen LogP) is 2.76. The van der Waals surface area contributed by atoms with Crippen molar-refractivity contribution in [2.75, 3.05) is 0 Å². The minimum atomic E-state index is -5.35. The van der Waals surface area contributed by atoms with E-state index in [9.17, 15) is 26.7 Å². The largest absolute Gasteiger partial charge is 0.573 e. The van der Waals surface area contributed by atoms with E-state index in [0.717, 1.165) is 6.07 Å². The van der Waals surface area contributed by atoms with Gasteiger partial charge in [0.1, 0.15) is 11.6 Å². The van der Waals surface area contributed by atoms with Gasteiger partial charge in [-0.3, -0.25) is 0 Å². The molecule has 1 aromatic rings. The molecule has 1 aromatic carbocycles. The van der Waals surface area contributed by atoms with Crippen LogP contribution in [0.1, 0.15) is 15.9 Å². The molecule has 108 valence electrons. The summed E-state index contributed by atoms with van der Waals surface area (Å²) in [5.74, 6) is -4.67. The number of carboxylic acids is 1. The maximum absolute atomic E-state index is 12.2. The van der Waals surface area contributed by atoms with Crippen LogP contribution in [0.15, 0.2) is 12.1 Å². The van der Waals surface area contributed by atoms with Gasteiger partial charge < -0.3 is 14.6 Å². The van der Waals surface area contributed by atoms with Crippen molar-refractivity contribution in [3.05, 3.63) is 23.3 Å². The lowest BCUT2D eigenvalue weighted by Crippen LogP contribution is -2.20. The van der Waals surface area contributed by atoms with Gasteiger partial charge in [0, 0.05) is 0 Å². The average Bonchev–Trinajstić information content (AvgIpc) is 2.28. The van der Waals surface area contributed by atoms with Crippen molar-refractivity contribution >= 4 is 5.97 Å². The van der Waals surface area contributed by atoms with Gasteiger partial charge >= 0.3 is 18.9 Å². The third-order valence-electron chi connectivity index (χ3n) is 1.89. The number of rotatable bonds is 4. The average molecular weight is 297 g/mol. The molecule has 0 aromatic heterocycles. The van der Waals surface area contributed by atoms with Gasteiger partial charge in [-0.15, -0.1) is 13.2 Å². The highest BCUT2D eigenvalue weighted by molar-refractivity contribution is 5.92. The molecule has 0 saturated heterocycles. The molecule has 0 spiro atoms. The van der Waals surface area contributed by atoms with Crippen LogP contribution in [0.2, 0.25) is 0 Å². The summed E-state index contributed by atoms with van der Waals surface area (Å²) >= 11 is 0. The molecule has 0 amide bonds. The molecule has 0 aliphatic carbocycles. The molecule has 0 aliphatic rings. The first-order valence-corrected chi connectivity index (χ1v) is 4.66. The summed E-state index contributed by atoms with van der Waals surface area (Å²) < 4.78 is 68.1. The van der Waals surface area contributed by atoms with Crippen molar-refractivity contribution in [1.82, 2.24) is 0 Å². The van der Waals surface area contributed by atoms with Gasteiger partial charge in [-0.2, -0.15) is 14.0 Å². The topological polar surface area (TPSA) is 79.6 Å². The summed E-state index contributed by atoms with van der Waals surface area (Å²) in [6.07, 6.45) is -5.35. The predicted molar refractivity (Wildman–Crippen MR) is 51.4 cm³/mol. The lowest BCUT2D eigenvalue weighted by molar-refractivity contribution is -0.275. The molecule has 0 heterocycles. The number of carbonyl (C=O) groups is 1. The van der Waals surface area contributed by atoms with E-state index in [1.165, 1.54) is 6.07 Å². The smallest absolute Gasteiger partial charge is 0.478 e. The minimum Gasteiger partial charge on any atom is -0.478 e. The Balaban J connectivity index is 3.52. The summed E-state index contributed by atoms with van der Waals surface area (Å²) in [6.45, 7) is -3.57. The van der Waals surface area contributed by atoms with Crippen LogP contribution in [-0.2, 0) is 0 Å². The number of nitriles is 1. The number of nitrogens with zero attached hydrogens (tertiary/aromatic N) is 1. The Labute approximate surface area is 107 Å². The number of hydrogen-bond donors (Lipinski definition) is 1. The van der Waals surface area contributed by atoms with Crippen molar-refractivity contribution in [2.24, 2.45) is 0 Å². The quantitative estimate of drug-likeness (QED) is 0.864. The fourth-order valence-electron chi connectivity index (χ4n) is 1.24. The van der Waals surface area contributed by atoms with E-state index < -0.39 is 41.6 Å². The van der Waals surface area contributed by atoms with Gasteiger partial charge in [0.25, 0.3) is 0 Å². The van der Waals surface area contributed by atoms with Crippen molar-refractivity contribution in [3.63, 3.8) is 0 Å². The van der Waals surface area contributed by atoms with E-state index in [-0.39, 0.29) is 0 Å². The Morgan fingerprint density at radius 2 is 1.90 bits per heavy atom. The second kappa shape index (κ2) is 5.60. The van der Waals surface area contributed by atoms with Gasteiger partial charge in [0.2, 0.25) is 0 Å². The van der Waals surface area contributed by atoms with Crippen LogP contribution in [0.3, 0.4) is 0 Å². The van der Waals surface area contributed by atoms with Crippen LogP contribution < -0.4 is 9.47 Å². The Kier molecular flexibility index (Phi) is 4.34. The zero-order valence-electron chi connectivity index (χ0n) is 9.24. The molecule has 1 rings (SSSR count). The van der Waals surface area contributed by atoms with Gasteiger partial charge in [0.15, 0.2) is 11.5 Å². The second-order valence-corrected chi connectivity index (χ2v) is 3.16. The van der Waals surface area contributed by atoms with E-state index in [1.807, 2.05) is 0 Å². The highest BCUT2D eigenvalue weighted by atomic mass is 19.4. The van der Waals surface area contributed by atoms with Crippen molar-refractivity contribution < 1.29 is 41.3 Å². The summed E-state index contributed by atoms with van der Waals surface area (Å²) in [7, 11) is 0. The van der Waals surface area contributed by atoms with E-state index in [4.69, 9.17) is 10.4 Å². The first-order chi connectivity index (χ1) is 9.15. The Morgan fingerprint density at radius 3 is 2.30 bits per heavy atom. The number of benzene rings is 1. The van der Waals surface area contributed by atoms with Crippen LogP contribution in [0.25, 0.3) is 0 Å². The zero-order valence-corrected chi connectivity index (χ0v) is 9.24. The Morgan fingerprint density at radius 1 is 1.30 bits per heavy atom. The van der Waals surface area contributed by atoms with Crippen LogP contribution in [-0.4, -0.2) is 24.0 Å². The summed E-state index contributed by atoms with van der Waals surface area (Å²) in [4.78, 5) is 10.8. The van der Waals surface area contributed by atoms with Gasteiger partial charge in [-0.05, 0) is 12.1 Å². The Bertz CT molecular complexity index is 564. The molecule has 5 nitrogen and oxygen atoms in total. The maximum Gasteiger partial charge on any atom is 0.573 e. The van der Waals surface area contributed by atoms with E-state index >= 15 is 0 Å². The number of ether oxygens (including phenoxy) is 2. The number of aromatic carboxylic acids is 1. The molecule has 0 atom stereocenters. The lowest BCUT2D eigenvalue weighted by atomic mass is 10.1. The second-order valence-electron chi connectivity index (χ2n) is 3.16. The maximum atomic E-state index is 12.2. The highest BCUT2D eigenvalue weighted by Crippen LogP contribution is 2.39. The molecule has 0 radical (unpaired) electrons. The number of alkyl halides is 5. The lowest BCUT2D eigenvalue weighted by Gasteiger charge is -2.16. The van der Waals surface area contributed by atoms with Crippen LogP contribution in [0, 0.1) is 11.3 Å². The summed E-state index contributed by atoms with van der Waals surface area (Å²) in [6, 6.07) is 2.63. The molecule has 20 heavy (non-hydrogen) atoms. The van der Waals surface area contributed by atoms with Crippen molar-refractivity contribution in [3.8, 4) is 17.6 Å². The van der Waals surface area contributed by atoms with Crippen LogP contribution in [0.4, 0.5) is 22.0 Å². The standard InChI is InChI=1S/C10H4F5NO4/c11-9(12)19-6-4(3-16)1-2-5(8(17)18)7(6)20-10(13,14)15/h1-2,9H,(H,17,18). The van der Waals surface area contributed by atoms with Crippen molar-refractivity contribution in [2.45, 2.75) is 13.0 Å². The first kappa shape index (κ1) is 15.5. The van der Waals surface area contributed by atoms with Crippen LogP contribution >= 0.6 is 0 Å². The fraction of sp³-hybridized carbons (Fsp3) is 0.200. The molecule has 0 bridgehead atoms. The number of halogens is 5. The van der Waals surface area contributed by atoms with E-state index in [2.05, 4.69) is 9.47 Å². The molecule has 0 fully saturated rings. The third kappa shape index (κ3) is 3.71. The molecular formula is C10H4F5NO4. The van der Waals surface area contributed by atoms with Gasteiger partial charge in [-0.25, -0.2) is 4.79 Å². The molecule has 0 saturated carbocycles. The monoisotopic (exact) mass is 297 g/mol. The minimum absolute atomic E-state index is 0.611. The SMILES string of the molecule is N#Cc1ccc(C(=O)O)c(OC(F)(F)F)c1OC(F)F. The van der Waals surface area contributed by atoms with Gasteiger partial charge in [0.05, 0.1) is 5.56 Å². The zero-order chi connectivity index (χ0) is 15.5. The first-order valence-electron chi connectivity index (χ1n) is 4.66. The normalized spacial score (nSPS) is 11.1. The summed E-state index contributed by atoms with van der Waals surface area (Å²) in [5.41, 5.74) is -1.80. The number of hydrogen-bond acceptors (Lipinski definition) is 4. The van der Waals surface area contributed by atoms with E-state index in [0.29, 0.717) is 6.07 Å². The number of carboxylic acid groups (broad SMARTS) is 1. The van der Waals surface area contributed by atoms with Crippen LogP contribution in [0.5, 0.6) is 11.5 Å². The molecule has 0 unspecified atom stereocenters. The summed E-state index contributed by atoms with van der Waals surface area (Å²) in [5, 5.41) is 17.3. The molecular weight excluding hydrogens is 293 g/mol. The van der Waals surface area contributed by atoms with Crippen molar-refractivity contribution in [1.29, 1.82) is 5.26 Å².